The van der Waals surface area contributed by atoms with Gasteiger partial charge in [-0.1, -0.05) is 13.8 Å². The number of carboxylic acids is 1. The van der Waals surface area contributed by atoms with Gasteiger partial charge in [0.2, 0.25) is 0 Å². The van der Waals surface area contributed by atoms with Crippen molar-refractivity contribution in [2.75, 3.05) is 19.5 Å². The van der Waals surface area contributed by atoms with Gasteiger partial charge in [0.05, 0.1) is 5.92 Å². The maximum atomic E-state index is 12.4. The summed E-state index contributed by atoms with van der Waals surface area (Å²) in [6.07, 6.45) is 0. The number of thioether (sulfide) groups is 1. The fourth-order valence-corrected chi connectivity index (χ4v) is 3.79. The van der Waals surface area contributed by atoms with Crippen LogP contribution in [0.5, 0.6) is 0 Å². The van der Waals surface area contributed by atoms with Gasteiger partial charge < -0.3 is 14.6 Å². The molecule has 11 heteroatoms. The van der Waals surface area contributed by atoms with E-state index in [9.17, 15) is 19.5 Å². The molecule has 2 aliphatic heterocycles. The molecule has 0 unspecified atom stereocenters. The summed E-state index contributed by atoms with van der Waals surface area (Å²) in [6.45, 7) is 3.10. The van der Waals surface area contributed by atoms with Crippen molar-refractivity contribution >= 4 is 29.6 Å². The molecule has 0 spiro atoms. The van der Waals surface area contributed by atoms with E-state index >= 15 is 0 Å². The fraction of sp³-hybridized carbons (Fsp3) is 0.615. The number of fused-ring (bicyclic) bond motifs is 1. The second kappa shape index (κ2) is 6.71. The Kier molecular flexibility index (Phi) is 5.07. The van der Waals surface area contributed by atoms with E-state index in [2.05, 4.69) is 10.0 Å². The third-order valence-electron chi connectivity index (χ3n) is 3.65. The van der Waals surface area contributed by atoms with E-state index in [-0.39, 0.29) is 24.0 Å². The highest BCUT2D eigenvalue weighted by Gasteiger charge is 2.65. The van der Waals surface area contributed by atoms with E-state index in [0.29, 0.717) is 5.57 Å². The number of methoxy groups -OCH3 is 1. The number of hydrogen-bond acceptors (Lipinski definition) is 7. The van der Waals surface area contributed by atoms with Gasteiger partial charge in [-0.15, -0.1) is 11.8 Å². The lowest BCUT2D eigenvalue weighted by Gasteiger charge is -2.53. The lowest BCUT2D eigenvalue weighted by molar-refractivity contribution is -0.182. The van der Waals surface area contributed by atoms with E-state index in [4.69, 9.17) is 15.0 Å². The summed E-state index contributed by atoms with van der Waals surface area (Å²) < 4.78 is 10.1. The zero-order chi connectivity index (χ0) is 18.1. The molecule has 24 heavy (non-hydrogen) atoms. The molecule has 2 heterocycles. The standard InChI is InChI=1S/C13H16N4O6S/c1-6(2)10(20)23-4-7-5-24-12-13(22-3,15-16-14)11(21)17(12)8(7)9(18)19/h6,12H,4-5H2,1-3H3,(H,18,19)/t12-,13+/m1/s1. The fourth-order valence-electron chi connectivity index (χ4n) is 2.39. The van der Waals surface area contributed by atoms with Crippen LogP contribution in [0, 0.1) is 5.92 Å². The molecule has 1 saturated heterocycles. The lowest BCUT2D eigenvalue weighted by Crippen LogP contribution is -2.73. The second-order valence-corrected chi connectivity index (χ2v) is 6.52. The molecule has 1 N–H and O–H groups in total. The first-order chi connectivity index (χ1) is 11.3. The number of carbonyl (C=O) groups excluding carboxylic acids is 2. The monoisotopic (exact) mass is 356 g/mol. The Morgan fingerprint density at radius 3 is 2.75 bits per heavy atom. The Bertz CT molecular complexity index is 671. The van der Waals surface area contributed by atoms with E-state index in [1.165, 1.54) is 18.9 Å². The quantitative estimate of drug-likeness (QED) is 0.247. The van der Waals surface area contributed by atoms with Crippen LogP contribution in [0.15, 0.2) is 16.4 Å². The summed E-state index contributed by atoms with van der Waals surface area (Å²) in [7, 11) is 1.22. The van der Waals surface area contributed by atoms with Gasteiger partial charge in [0.15, 0.2) is 0 Å². The molecule has 0 aromatic rings. The summed E-state index contributed by atoms with van der Waals surface area (Å²) >= 11 is 1.18. The van der Waals surface area contributed by atoms with Crippen molar-refractivity contribution in [1.82, 2.24) is 4.90 Å². The average molecular weight is 356 g/mol. The molecule has 1 amide bonds. The van der Waals surface area contributed by atoms with Crippen LogP contribution in [0.25, 0.3) is 10.4 Å². The Hall–Kier alpha value is -2.23. The van der Waals surface area contributed by atoms with Gasteiger partial charge in [-0.2, -0.15) is 0 Å². The Morgan fingerprint density at radius 1 is 1.58 bits per heavy atom. The predicted octanol–water partition coefficient (Wildman–Crippen LogP) is 1.09. The number of β-lactam (4-membered cyclic amide) rings is 1. The highest BCUT2D eigenvalue weighted by atomic mass is 32.2. The number of nitrogens with zero attached hydrogens (tertiary/aromatic N) is 4. The largest absolute Gasteiger partial charge is 0.477 e. The highest BCUT2D eigenvalue weighted by molar-refractivity contribution is 8.00. The van der Waals surface area contributed by atoms with Gasteiger partial charge in [-0.25, -0.2) is 4.79 Å². The number of hydrogen-bond donors (Lipinski definition) is 1. The van der Waals surface area contributed by atoms with Crippen LogP contribution < -0.4 is 0 Å². The minimum atomic E-state index is -1.75. The number of azide groups is 1. The van der Waals surface area contributed by atoms with Crippen LogP contribution in [0.3, 0.4) is 0 Å². The van der Waals surface area contributed by atoms with Crippen molar-refractivity contribution < 1.29 is 29.0 Å². The molecule has 0 aliphatic carbocycles. The van der Waals surface area contributed by atoms with E-state index in [1.807, 2.05) is 0 Å². The molecule has 2 atom stereocenters. The first-order valence-corrected chi connectivity index (χ1v) is 8.03. The second-order valence-electron chi connectivity index (χ2n) is 5.45. The Morgan fingerprint density at radius 2 is 2.25 bits per heavy atom. The summed E-state index contributed by atoms with van der Waals surface area (Å²) in [6, 6.07) is 0. The molecular weight excluding hydrogens is 340 g/mol. The van der Waals surface area contributed by atoms with Crippen LogP contribution >= 0.6 is 11.8 Å². The van der Waals surface area contributed by atoms with Gasteiger partial charge in [0.25, 0.3) is 11.6 Å². The molecule has 2 aliphatic rings. The Labute approximate surface area is 141 Å². The Balaban J connectivity index is 2.31. The number of carboxylic acid groups (broad SMARTS) is 1. The lowest BCUT2D eigenvalue weighted by atomic mass is 9.99. The third-order valence-corrected chi connectivity index (χ3v) is 5.01. The number of carbonyl (C=O) groups is 3. The smallest absolute Gasteiger partial charge is 0.352 e. The number of aliphatic carboxylic acids is 1. The number of esters is 1. The van der Waals surface area contributed by atoms with Crippen LogP contribution in [0.4, 0.5) is 0 Å². The molecule has 1 fully saturated rings. The van der Waals surface area contributed by atoms with Gasteiger partial charge in [-0.05, 0) is 10.6 Å². The normalized spacial score (nSPS) is 25.8. The minimum Gasteiger partial charge on any atom is -0.477 e. The number of ether oxygens (including phenoxy) is 2. The van der Waals surface area contributed by atoms with Gasteiger partial charge in [0, 0.05) is 23.3 Å². The van der Waals surface area contributed by atoms with Gasteiger partial charge in [0.1, 0.15) is 17.7 Å². The maximum absolute atomic E-state index is 12.4. The molecule has 2 rings (SSSR count). The van der Waals surface area contributed by atoms with Crippen LogP contribution in [0.2, 0.25) is 0 Å². The van der Waals surface area contributed by atoms with Crippen molar-refractivity contribution in [2.24, 2.45) is 11.0 Å². The highest BCUT2D eigenvalue weighted by Crippen LogP contribution is 2.48. The van der Waals surface area contributed by atoms with Crippen LogP contribution in [-0.2, 0) is 23.9 Å². The summed E-state index contributed by atoms with van der Waals surface area (Å²) in [5.41, 5.74) is 6.93. The van der Waals surface area contributed by atoms with Crippen molar-refractivity contribution in [1.29, 1.82) is 0 Å². The molecule has 0 aromatic carbocycles. The van der Waals surface area contributed by atoms with Crippen molar-refractivity contribution in [3.05, 3.63) is 21.7 Å². The zero-order valence-corrected chi connectivity index (χ0v) is 14.1. The SMILES string of the molecule is CO[C@@]1(N=[N+]=[N-])C(=O)N2C(C(=O)O)=C(COC(=O)C(C)C)CS[C@@H]21. The van der Waals surface area contributed by atoms with Crippen LogP contribution in [0.1, 0.15) is 13.8 Å². The third kappa shape index (κ3) is 2.70. The molecule has 10 nitrogen and oxygen atoms in total. The summed E-state index contributed by atoms with van der Waals surface area (Å²) in [5.74, 6) is -2.69. The van der Waals surface area contributed by atoms with Crippen molar-refractivity contribution in [3.8, 4) is 0 Å². The minimum absolute atomic E-state index is 0.202. The summed E-state index contributed by atoms with van der Waals surface area (Å²) in [5, 5.41) is 12.1. The zero-order valence-electron chi connectivity index (χ0n) is 13.3. The maximum Gasteiger partial charge on any atom is 0.352 e. The molecule has 0 saturated carbocycles. The first kappa shape index (κ1) is 18.1. The summed E-state index contributed by atoms with van der Waals surface area (Å²) in [4.78, 5) is 39.1. The molecule has 0 aromatic heterocycles. The first-order valence-electron chi connectivity index (χ1n) is 6.98. The van der Waals surface area contributed by atoms with Crippen LogP contribution in [-0.4, -0.2) is 58.4 Å². The molecule has 0 radical (unpaired) electrons. The molecular formula is C13H16N4O6S. The van der Waals surface area contributed by atoms with Gasteiger partial charge in [-0.3, -0.25) is 14.5 Å². The van der Waals surface area contributed by atoms with Crippen molar-refractivity contribution in [2.45, 2.75) is 24.9 Å². The van der Waals surface area contributed by atoms with Gasteiger partial charge >= 0.3 is 11.9 Å². The van der Waals surface area contributed by atoms with Crippen molar-refractivity contribution in [3.63, 3.8) is 0 Å². The number of rotatable bonds is 6. The van der Waals surface area contributed by atoms with E-state index < -0.39 is 28.9 Å². The predicted molar refractivity (Wildman–Crippen MR) is 82.4 cm³/mol. The average Bonchev–Trinajstić information content (AvgIpc) is 2.55. The molecule has 130 valence electrons. The molecule has 0 bridgehead atoms. The topological polar surface area (TPSA) is 142 Å². The van der Waals surface area contributed by atoms with E-state index in [0.717, 1.165) is 4.90 Å². The van der Waals surface area contributed by atoms with E-state index in [1.54, 1.807) is 13.8 Å². The number of amides is 1.